The average molecular weight is 377 g/mol. The first kappa shape index (κ1) is 18.1. The van der Waals surface area contributed by atoms with Crippen molar-refractivity contribution in [2.24, 2.45) is 0 Å². The third-order valence-corrected chi connectivity index (χ3v) is 5.83. The highest BCUT2D eigenvalue weighted by Crippen LogP contribution is 2.24. The van der Waals surface area contributed by atoms with Crippen molar-refractivity contribution in [3.05, 3.63) is 35.9 Å². The Balaban J connectivity index is 1.83. The third-order valence-electron chi connectivity index (χ3n) is 4.06. The molecule has 9 heteroatoms. The Hall–Kier alpha value is -2.68. The average Bonchev–Trinajstić information content (AvgIpc) is 2.99. The lowest BCUT2D eigenvalue weighted by Crippen LogP contribution is -2.35. The van der Waals surface area contributed by atoms with Gasteiger partial charge in [-0.25, -0.2) is 8.42 Å². The highest BCUT2D eigenvalue weighted by Gasteiger charge is 2.29. The van der Waals surface area contributed by atoms with E-state index in [9.17, 15) is 13.2 Å². The van der Waals surface area contributed by atoms with Gasteiger partial charge in [0.15, 0.2) is 9.84 Å². The second-order valence-corrected chi connectivity index (χ2v) is 8.17. The zero-order valence-corrected chi connectivity index (χ0v) is 15.2. The van der Waals surface area contributed by atoms with Gasteiger partial charge >= 0.3 is 6.01 Å². The van der Waals surface area contributed by atoms with Crippen LogP contribution in [0.2, 0.25) is 0 Å². The van der Waals surface area contributed by atoms with Crippen LogP contribution in [0.3, 0.4) is 0 Å². The van der Waals surface area contributed by atoms with Crippen molar-refractivity contribution < 1.29 is 22.7 Å². The Kier molecular flexibility index (Phi) is 5.08. The van der Waals surface area contributed by atoms with Crippen LogP contribution in [-0.2, 0) is 9.84 Å². The Morgan fingerprint density at radius 2 is 2.00 bits per heavy atom. The molecule has 0 spiro atoms. The topological polar surface area (TPSA) is 107 Å². The second-order valence-electron chi connectivity index (χ2n) is 5.94. The summed E-state index contributed by atoms with van der Waals surface area (Å²) in [7, 11) is -0.102. The minimum absolute atomic E-state index is 0.0151. The van der Waals surface area contributed by atoms with Gasteiger partial charge in [0.05, 0.1) is 31.4 Å². The van der Waals surface area contributed by atoms with Crippen LogP contribution in [0.5, 0.6) is 11.9 Å². The molecule has 0 saturated carbocycles. The van der Waals surface area contributed by atoms with Crippen LogP contribution in [0.15, 0.2) is 30.3 Å². The second kappa shape index (κ2) is 7.28. The molecule has 2 aromatic rings. The maximum absolute atomic E-state index is 12.5. The Morgan fingerprint density at radius 1 is 1.19 bits per heavy atom. The number of ether oxygens (including phenoxy) is 2. The van der Waals surface area contributed by atoms with Gasteiger partial charge in [-0.15, -0.1) is 0 Å². The molecule has 0 bridgehead atoms. The molecule has 8 nitrogen and oxygen atoms in total. The van der Waals surface area contributed by atoms with Crippen molar-refractivity contribution in [3.63, 3.8) is 0 Å². The van der Waals surface area contributed by atoms with Gasteiger partial charge in [0.2, 0.25) is 5.88 Å². The molecule has 2 heterocycles. The van der Waals surface area contributed by atoms with Gasteiger partial charge in [-0.05, 0) is 18.6 Å². The number of nitrogens with one attached hydrogen (secondary N) is 1. The number of hydrogen-bond donors (Lipinski definition) is 1. The summed E-state index contributed by atoms with van der Waals surface area (Å²) >= 11 is 0. The first-order valence-corrected chi connectivity index (χ1v) is 9.81. The molecule has 138 valence electrons. The molecule has 1 aliphatic rings. The number of hydrogen-bond acceptors (Lipinski definition) is 7. The van der Waals surface area contributed by atoms with Gasteiger partial charge in [0.25, 0.3) is 5.91 Å². The smallest absolute Gasteiger partial charge is 0.320 e. The number of aromatic nitrogens is 2. The Morgan fingerprint density at radius 3 is 2.65 bits per heavy atom. The molecule has 0 unspecified atom stereocenters. The van der Waals surface area contributed by atoms with E-state index in [1.807, 2.05) is 0 Å². The largest absolute Gasteiger partial charge is 0.481 e. The molecule has 1 saturated heterocycles. The maximum atomic E-state index is 12.5. The van der Waals surface area contributed by atoms with E-state index in [0.717, 1.165) is 0 Å². The molecule has 0 aliphatic carbocycles. The Bertz CT molecular complexity index is 907. The molecule has 1 aromatic heterocycles. The van der Waals surface area contributed by atoms with Crippen LogP contribution in [0.25, 0.3) is 11.3 Å². The summed E-state index contributed by atoms with van der Waals surface area (Å²) in [5, 5.41) is 2.77. The molecule has 0 radical (unpaired) electrons. The van der Waals surface area contributed by atoms with Crippen molar-refractivity contribution in [3.8, 4) is 23.1 Å². The molecule has 26 heavy (non-hydrogen) atoms. The normalized spacial score (nSPS) is 18.3. The molecule has 1 fully saturated rings. The zero-order chi connectivity index (χ0) is 18.7. The van der Waals surface area contributed by atoms with Gasteiger partial charge in [0.1, 0.15) is 0 Å². The van der Waals surface area contributed by atoms with Crippen LogP contribution in [0, 0.1) is 0 Å². The number of carbonyl (C=O) groups excluding carboxylic acids is 1. The molecule has 1 N–H and O–H groups in total. The van der Waals surface area contributed by atoms with Crippen molar-refractivity contribution in [2.45, 2.75) is 12.5 Å². The predicted molar refractivity (Wildman–Crippen MR) is 95.1 cm³/mol. The molecule has 3 rings (SSSR count). The summed E-state index contributed by atoms with van der Waals surface area (Å²) in [6.45, 7) is 0. The molecular weight excluding hydrogens is 358 g/mol. The van der Waals surface area contributed by atoms with Crippen LogP contribution >= 0.6 is 0 Å². The van der Waals surface area contributed by atoms with Crippen molar-refractivity contribution >= 4 is 15.7 Å². The van der Waals surface area contributed by atoms with E-state index in [-0.39, 0.29) is 29.5 Å². The highest BCUT2D eigenvalue weighted by atomic mass is 32.2. The number of sulfone groups is 1. The van der Waals surface area contributed by atoms with Gasteiger partial charge in [-0.1, -0.05) is 12.1 Å². The van der Waals surface area contributed by atoms with Gasteiger partial charge in [-0.2, -0.15) is 9.97 Å². The van der Waals surface area contributed by atoms with Crippen molar-refractivity contribution in [1.29, 1.82) is 0 Å². The SMILES string of the molecule is COc1cc(-c2cccc(C(=O)N[C@@H]3CCS(=O)(=O)C3)c2)nc(OC)n1. The Labute approximate surface area is 151 Å². The minimum atomic E-state index is -3.05. The summed E-state index contributed by atoms with van der Waals surface area (Å²) in [5.41, 5.74) is 1.66. The standard InChI is InChI=1S/C17H19N3O5S/c1-24-15-9-14(19-17(20-15)25-2)11-4-3-5-12(8-11)16(21)18-13-6-7-26(22,23)10-13/h3-5,8-9,13H,6-7,10H2,1-2H3,(H,18,21)/t13-/m1/s1. The monoisotopic (exact) mass is 377 g/mol. The first-order valence-electron chi connectivity index (χ1n) is 7.99. The summed E-state index contributed by atoms with van der Waals surface area (Å²) in [6, 6.07) is 8.33. The van der Waals surface area contributed by atoms with E-state index in [0.29, 0.717) is 29.1 Å². The van der Waals surface area contributed by atoms with Gasteiger partial charge in [-0.3, -0.25) is 4.79 Å². The van der Waals surface area contributed by atoms with Crippen LogP contribution in [-0.4, -0.2) is 56.1 Å². The molecule has 1 atom stereocenters. The van der Waals surface area contributed by atoms with E-state index >= 15 is 0 Å². The maximum Gasteiger partial charge on any atom is 0.320 e. The van der Waals surface area contributed by atoms with E-state index in [4.69, 9.17) is 9.47 Å². The predicted octanol–water partition coefficient (Wildman–Crippen LogP) is 1.08. The lowest BCUT2D eigenvalue weighted by atomic mass is 10.1. The summed E-state index contributed by atoms with van der Waals surface area (Å²) in [5.74, 6) is 0.122. The number of rotatable bonds is 5. The third kappa shape index (κ3) is 4.10. The number of benzene rings is 1. The van der Waals surface area contributed by atoms with Crippen LogP contribution in [0.1, 0.15) is 16.8 Å². The zero-order valence-electron chi connectivity index (χ0n) is 14.4. The summed E-state index contributed by atoms with van der Waals surface area (Å²) < 4.78 is 33.3. The number of carbonyl (C=O) groups is 1. The lowest BCUT2D eigenvalue weighted by molar-refractivity contribution is 0.0941. The van der Waals surface area contributed by atoms with Crippen molar-refractivity contribution in [2.75, 3.05) is 25.7 Å². The number of methoxy groups -OCH3 is 2. The first-order chi connectivity index (χ1) is 12.4. The quantitative estimate of drug-likeness (QED) is 0.830. The minimum Gasteiger partial charge on any atom is -0.481 e. The molecule has 1 aliphatic heterocycles. The van der Waals surface area contributed by atoms with E-state index in [2.05, 4.69) is 15.3 Å². The fourth-order valence-corrected chi connectivity index (χ4v) is 4.42. The van der Waals surface area contributed by atoms with Crippen LogP contribution in [0.4, 0.5) is 0 Å². The number of nitrogens with zero attached hydrogens (tertiary/aromatic N) is 2. The molecular formula is C17H19N3O5S. The van der Waals surface area contributed by atoms with E-state index in [1.165, 1.54) is 14.2 Å². The number of amides is 1. The van der Waals surface area contributed by atoms with Crippen LogP contribution < -0.4 is 14.8 Å². The van der Waals surface area contributed by atoms with E-state index < -0.39 is 9.84 Å². The van der Waals surface area contributed by atoms with Gasteiger partial charge < -0.3 is 14.8 Å². The molecule has 1 amide bonds. The highest BCUT2D eigenvalue weighted by molar-refractivity contribution is 7.91. The fraction of sp³-hybridized carbons (Fsp3) is 0.353. The molecule has 1 aromatic carbocycles. The van der Waals surface area contributed by atoms with Gasteiger partial charge in [0, 0.05) is 23.2 Å². The fourth-order valence-electron chi connectivity index (χ4n) is 2.74. The van der Waals surface area contributed by atoms with Crippen molar-refractivity contribution in [1.82, 2.24) is 15.3 Å². The summed E-state index contributed by atoms with van der Waals surface area (Å²) in [4.78, 5) is 20.8. The lowest BCUT2D eigenvalue weighted by Gasteiger charge is -2.12. The van der Waals surface area contributed by atoms with E-state index in [1.54, 1.807) is 30.3 Å². The summed E-state index contributed by atoms with van der Waals surface area (Å²) in [6.07, 6.45) is 0.439.